The summed E-state index contributed by atoms with van der Waals surface area (Å²) >= 11 is 0. The lowest BCUT2D eigenvalue weighted by atomic mass is 9.78. The molecule has 2 nitrogen and oxygen atoms in total. The highest BCUT2D eigenvalue weighted by atomic mass is 15.2. The normalized spacial score (nSPS) is 34.1. The van der Waals surface area contributed by atoms with Crippen molar-refractivity contribution in [2.75, 3.05) is 13.1 Å². The van der Waals surface area contributed by atoms with E-state index in [1.165, 1.54) is 51.5 Å². The van der Waals surface area contributed by atoms with Gasteiger partial charge in [-0.1, -0.05) is 33.1 Å². The molecule has 4 atom stereocenters. The number of fused-ring (bicyclic) bond motifs is 1. The van der Waals surface area contributed by atoms with Gasteiger partial charge in [0.15, 0.2) is 0 Å². The number of hydrogen-bond acceptors (Lipinski definition) is 2. The van der Waals surface area contributed by atoms with Crippen LogP contribution in [0.15, 0.2) is 0 Å². The number of piperidine rings is 1. The first kappa shape index (κ1) is 13.4. The standard InChI is InChI=1S/C15H30N2/c1-3-12(2)14(16)11-17-10-6-8-13-7-4-5-9-15(13)17/h12-15H,3-11,16H2,1-2H3. The maximum absolute atomic E-state index is 6.34. The Kier molecular flexibility index (Phi) is 4.87. The van der Waals surface area contributed by atoms with Crippen LogP contribution < -0.4 is 5.73 Å². The molecule has 2 rings (SSSR count). The van der Waals surface area contributed by atoms with Crippen molar-refractivity contribution < 1.29 is 0 Å². The SMILES string of the molecule is CCC(C)C(N)CN1CCCC2CCCCC21. The summed E-state index contributed by atoms with van der Waals surface area (Å²) in [6.07, 6.45) is 9.89. The number of hydrogen-bond donors (Lipinski definition) is 1. The Balaban J connectivity index is 1.90. The summed E-state index contributed by atoms with van der Waals surface area (Å²) in [5.41, 5.74) is 6.34. The molecule has 2 fully saturated rings. The highest BCUT2D eigenvalue weighted by molar-refractivity contribution is 4.89. The molecule has 1 heterocycles. The van der Waals surface area contributed by atoms with Gasteiger partial charge in [-0.15, -0.1) is 0 Å². The molecular formula is C15H30N2. The molecule has 1 aliphatic heterocycles. The van der Waals surface area contributed by atoms with Crippen molar-refractivity contribution in [1.29, 1.82) is 0 Å². The van der Waals surface area contributed by atoms with Crippen LogP contribution in [0.1, 0.15) is 58.8 Å². The van der Waals surface area contributed by atoms with E-state index in [4.69, 9.17) is 5.73 Å². The van der Waals surface area contributed by atoms with Crippen LogP contribution in [0.2, 0.25) is 0 Å². The fourth-order valence-corrected chi connectivity index (χ4v) is 3.71. The molecule has 0 amide bonds. The summed E-state index contributed by atoms with van der Waals surface area (Å²) in [5.74, 6) is 1.65. The van der Waals surface area contributed by atoms with Gasteiger partial charge in [0.05, 0.1) is 0 Å². The van der Waals surface area contributed by atoms with E-state index in [9.17, 15) is 0 Å². The molecule has 1 aliphatic carbocycles. The van der Waals surface area contributed by atoms with E-state index in [-0.39, 0.29) is 0 Å². The molecule has 0 aromatic carbocycles. The van der Waals surface area contributed by atoms with Crippen LogP contribution in [-0.2, 0) is 0 Å². The van der Waals surface area contributed by atoms with Crippen molar-refractivity contribution in [3.63, 3.8) is 0 Å². The molecule has 0 aromatic rings. The minimum Gasteiger partial charge on any atom is -0.326 e. The maximum atomic E-state index is 6.34. The predicted molar refractivity (Wildman–Crippen MR) is 74.0 cm³/mol. The maximum Gasteiger partial charge on any atom is 0.0193 e. The van der Waals surface area contributed by atoms with Crippen molar-refractivity contribution in [3.05, 3.63) is 0 Å². The largest absolute Gasteiger partial charge is 0.326 e. The molecule has 0 bridgehead atoms. The average Bonchev–Trinajstić information content (AvgIpc) is 2.38. The smallest absolute Gasteiger partial charge is 0.0193 e. The number of likely N-dealkylation sites (tertiary alicyclic amines) is 1. The molecule has 100 valence electrons. The van der Waals surface area contributed by atoms with Gasteiger partial charge in [-0.25, -0.2) is 0 Å². The average molecular weight is 238 g/mol. The van der Waals surface area contributed by atoms with Crippen molar-refractivity contribution in [3.8, 4) is 0 Å². The lowest BCUT2D eigenvalue weighted by molar-refractivity contribution is 0.0516. The molecule has 2 N–H and O–H groups in total. The third-order valence-electron chi connectivity index (χ3n) is 5.18. The number of nitrogens with zero attached hydrogens (tertiary/aromatic N) is 1. The fraction of sp³-hybridized carbons (Fsp3) is 1.00. The number of nitrogens with two attached hydrogens (primary N) is 1. The first-order valence-corrected chi connectivity index (χ1v) is 7.72. The van der Waals surface area contributed by atoms with E-state index in [1.54, 1.807) is 0 Å². The van der Waals surface area contributed by atoms with Crippen LogP contribution in [0.3, 0.4) is 0 Å². The fourth-order valence-electron chi connectivity index (χ4n) is 3.71. The third kappa shape index (κ3) is 3.23. The van der Waals surface area contributed by atoms with Gasteiger partial charge in [0.25, 0.3) is 0 Å². The van der Waals surface area contributed by atoms with Crippen LogP contribution in [0.4, 0.5) is 0 Å². The Morgan fingerprint density at radius 1 is 1.18 bits per heavy atom. The molecular weight excluding hydrogens is 208 g/mol. The zero-order valence-corrected chi connectivity index (χ0v) is 11.7. The van der Waals surface area contributed by atoms with E-state index in [0.717, 1.165) is 18.5 Å². The first-order valence-electron chi connectivity index (χ1n) is 7.72. The summed E-state index contributed by atoms with van der Waals surface area (Å²) in [6.45, 7) is 6.98. The second-order valence-electron chi connectivity index (χ2n) is 6.30. The second kappa shape index (κ2) is 6.19. The van der Waals surface area contributed by atoms with Gasteiger partial charge in [0.1, 0.15) is 0 Å². The topological polar surface area (TPSA) is 29.3 Å². The molecule has 17 heavy (non-hydrogen) atoms. The zero-order valence-electron chi connectivity index (χ0n) is 11.7. The molecule has 1 saturated heterocycles. The Bertz CT molecular complexity index is 227. The lowest BCUT2D eigenvalue weighted by Crippen LogP contribution is -2.52. The highest BCUT2D eigenvalue weighted by Gasteiger charge is 2.33. The summed E-state index contributed by atoms with van der Waals surface area (Å²) in [6, 6.07) is 1.24. The van der Waals surface area contributed by atoms with Gasteiger partial charge >= 0.3 is 0 Å². The van der Waals surface area contributed by atoms with Gasteiger partial charge in [0, 0.05) is 18.6 Å². The Morgan fingerprint density at radius 2 is 1.88 bits per heavy atom. The van der Waals surface area contributed by atoms with Crippen LogP contribution in [-0.4, -0.2) is 30.1 Å². The minimum absolute atomic E-state index is 0.376. The summed E-state index contributed by atoms with van der Waals surface area (Å²) < 4.78 is 0. The monoisotopic (exact) mass is 238 g/mol. The first-order chi connectivity index (χ1) is 8.22. The summed E-state index contributed by atoms with van der Waals surface area (Å²) in [4.78, 5) is 2.73. The van der Waals surface area contributed by atoms with E-state index in [0.29, 0.717) is 12.0 Å². The molecule has 1 saturated carbocycles. The van der Waals surface area contributed by atoms with Crippen molar-refractivity contribution >= 4 is 0 Å². The van der Waals surface area contributed by atoms with Crippen LogP contribution in [0.5, 0.6) is 0 Å². The van der Waals surface area contributed by atoms with Gasteiger partial charge < -0.3 is 5.73 Å². The van der Waals surface area contributed by atoms with E-state index in [1.807, 2.05) is 0 Å². The van der Waals surface area contributed by atoms with E-state index >= 15 is 0 Å². The van der Waals surface area contributed by atoms with Crippen LogP contribution >= 0.6 is 0 Å². The Labute approximate surface area is 107 Å². The van der Waals surface area contributed by atoms with Crippen molar-refractivity contribution in [1.82, 2.24) is 4.90 Å². The van der Waals surface area contributed by atoms with Gasteiger partial charge in [-0.2, -0.15) is 0 Å². The molecule has 2 aliphatic rings. The molecule has 0 aromatic heterocycles. The molecule has 0 spiro atoms. The summed E-state index contributed by atoms with van der Waals surface area (Å²) in [7, 11) is 0. The van der Waals surface area contributed by atoms with Gasteiger partial charge in [0.2, 0.25) is 0 Å². The lowest BCUT2D eigenvalue weighted by Gasteiger charge is -2.45. The van der Waals surface area contributed by atoms with E-state index in [2.05, 4.69) is 18.7 Å². The van der Waals surface area contributed by atoms with Gasteiger partial charge in [-0.05, 0) is 44.1 Å². The van der Waals surface area contributed by atoms with E-state index < -0.39 is 0 Å². The zero-order chi connectivity index (χ0) is 12.3. The minimum atomic E-state index is 0.376. The molecule has 4 unspecified atom stereocenters. The Morgan fingerprint density at radius 3 is 2.65 bits per heavy atom. The van der Waals surface area contributed by atoms with Crippen molar-refractivity contribution in [2.24, 2.45) is 17.6 Å². The third-order valence-corrected chi connectivity index (χ3v) is 5.18. The quantitative estimate of drug-likeness (QED) is 0.816. The molecule has 0 radical (unpaired) electrons. The van der Waals surface area contributed by atoms with Gasteiger partial charge in [-0.3, -0.25) is 4.90 Å². The Hall–Kier alpha value is -0.0800. The van der Waals surface area contributed by atoms with Crippen LogP contribution in [0.25, 0.3) is 0 Å². The molecule has 2 heteroatoms. The number of rotatable bonds is 4. The van der Waals surface area contributed by atoms with Crippen molar-refractivity contribution in [2.45, 2.75) is 70.9 Å². The van der Waals surface area contributed by atoms with Crippen LogP contribution in [0, 0.1) is 11.8 Å². The summed E-state index contributed by atoms with van der Waals surface area (Å²) in [5, 5.41) is 0. The second-order valence-corrected chi connectivity index (χ2v) is 6.30. The predicted octanol–water partition coefficient (Wildman–Crippen LogP) is 3.01. The highest BCUT2D eigenvalue weighted by Crippen LogP contribution is 2.35.